The van der Waals surface area contributed by atoms with Crippen LogP contribution in [0.25, 0.3) is 0 Å². The largest absolute Gasteiger partial charge is 0.389 e. The van der Waals surface area contributed by atoms with Crippen molar-refractivity contribution in [3.63, 3.8) is 0 Å². The Morgan fingerprint density at radius 1 is 1.32 bits per heavy atom. The molecule has 7 nitrogen and oxygen atoms in total. The first-order valence-corrected chi connectivity index (χ1v) is 6.65. The molecule has 8 heteroatoms. The Hall–Kier alpha value is -1.48. The summed E-state index contributed by atoms with van der Waals surface area (Å²) in [6, 6.07) is 3.40. The summed E-state index contributed by atoms with van der Waals surface area (Å²) in [7, 11) is 0. The van der Waals surface area contributed by atoms with Crippen LogP contribution < -0.4 is 10.9 Å². The zero-order valence-corrected chi connectivity index (χ0v) is 10.9. The van der Waals surface area contributed by atoms with Crippen molar-refractivity contribution in [2.45, 2.75) is 12.2 Å². The summed E-state index contributed by atoms with van der Waals surface area (Å²) in [5.41, 5.74) is 4.59. The highest BCUT2D eigenvalue weighted by atomic mass is 32.1. The highest BCUT2D eigenvalue weighted by Crippen LogP contribution is 2.09. The number of amides is 2. The third kappa shape index (κ3) is 3.74. The van der Waals surface area contributed by atoms with E-state index in [1.807, 2.05) is 0 Å². The summed E-state index contributed by atoms with van der Waals surface area (Å²) in [4.78, 5) is 25.2. The number of aliphatic hydroxyl groups excluding tert-OH is 2. The molecule has 0 aliphatic carbocycles. The summed E-state index contributed by atoms with van der Waals surface area (Å²) in [6.07, 6.45) is -1.65. The summed E-state index contributed by atoms with van der Waals surface area (Å²) < 4.78 is 0. The van der Waals surface area contributed by atoms with Crippen molar-refractivity contribution in [2.24, 2.45) is 0 Å². The molecular weight excluding hydrogens is 270 g/mol. The normalized spacial score (nSPS) is 23.3. The molecule has 2 heterocycles. The van der Waals surface area contributed by atoms with E-state index < -0.39 is 18.1 Å². The van der Waals surface area contributed by atoms with Gasteiger partial charge in [-0.05, 0) is 11.4 Å². The van der Waals surface area contributed by atoms with Crippen molar-refractivity contribution in [1.29, 1.82) is 0 Å². The molecule has 1 aliphatic rings. The number of β-amino-alcohol motifs (C(OH)–C–C–N with tert-alkyl or cyclic N) is 2. The first-order chi connectivity index (χ1) is 9.06. The molecule has 1 aromatic rings. The smallest absolute Gasteiger partial charge is 0.279 e. The van der Waals surface area contributed by atoms with Gasteiger partial charge >= 0.3 is 0 Å². The average molecular weight is 285 g/mol. The van der Waals surface area contributed by atoms with Gasteiger partial charge in [-0.2, -0.15) is 0 Å². The standard InChI is InChI=1S/C11H15N3O4S/c15-7-4-14(5-8(7)16)6-10(17)12-13-11(18)9-2-1-3-19-9/h1-3,7-8,15-16H,4-6H2,(H,12,17)(H,13,18)/t7-,8+. The molecule has 1 saturated heterocycles. The van der Waals surface area contributed by atoms with Gasteiger partial charge in [-0.3, -0.25) is 25.3 Å². The number of hydrogen-bond donors (Lipinski definition) is 4. The highest BCUT2D eigenvalue weighted by Gasteiger charge is 2.30. The molecule has 1 fully saturated rings. The first kappa shape index (κ1) is 13.9. The molecule has 1 aliphatic heterocycles. The molecule has 0 bridgehead atoms. The van der Waals surface area contributed by atoms with Crippen LogP contribution in [0.15, 0.2) is 17.5 Å². The third-order valence-electron chi connectivity index (χ3n) is 2.76. The maximum absolute atomic E-state index is 11.6. The van der Waals surface area contributed by atoms with Crippen LogP contribution in [0.3, 0.4) is 0 Å². The van der Waals surface area contributed by atoms with Crippen molar-refractivity contribution < 1.29 is 19.8 Å². The number of aliphatic hydroxyl groups is 2. The zero-order valence-electron chi connectivity index (χ0n) is 10.1. The van der Waals surface area contributed by atoms with Crippen molar-refractivity contribution in [3.05, 3.63) is 22.4 Å². The number of hydrazine groups is 1. The zero-order chi connectivity index (χ0) is 13.8. The minimum absolute atomic E-state index is 0.0127. The molecule has 0 saturated carbocycles. The minimum atomic E-state index is -0.825. The van der Waals surface area contributed by atoms with Crippen LogP contribution in [0.4, 0.5) is 0 Å². The molecule has 0 unspecified atom stereocenters. The van der Waals surface area contributed by atoms with Crippen LogP contribution in [0, 0.1) is 0 Å². The number of carbonyl (C=O) groups excluding carboxylic acids is 2. The van der Waals surface area contributed by atoms with E-state index in [1.54, 1.807) is 22.4 Å². The Balaban J connectivity index is 1.72. The van der Waals surface area contributed by atoms with Gasteiger partial charge < -0.3 is 10.2 Å². The fourth-order valence-corrected chi connectivity index (χ4v) is 2.43. The first-order valence-electron chi connectivity index (χ1n) is 5.77. The van der Waals surface area contributed by atoms with E-state index in [4.69, 9.17) is 0 Å². The summed E-state index contributed by atoms with van der Waals surface area (Å²) in [5, 5.41) is 20.4. The fourth-order valence-electron chi connectivity index (χ4n) is 1.81. The minimum Gasteiger partial charge on any atom is -0.389 e. The number of rotatable bonds is 3. The number of nitrogens with one attached hydrogen (secondary N) is 2. The Labute approximate surface area is 113 Å². The van der Waals surface area contributed by atoms with Crippen LogP contribution in [-0.4, -0.2) is 58.8 Å². The lowest BCUT2D eigenvalue weighted by atomic mass is 10.3. The average Bonchev–Trinajstić information content (AvgIpc) is 2.98. The molecule has 1 aromatic heterocycles. The molecule has 19 heavy (non-hydrogen) atoms. The quantitative estimate of drug-likeness (QED) is 0.509. The van der Waals surface area contributed by atoms with Gasteiger partial charge in [-0.25, -0.2) is 0 Å². The second kappa shape index (κ2) is 6.11. The van der Waals surface area contributed by atoms with Crippen LogP contribution in [0.1, 0.15) is 9.67 Å². The summed E-state index contributed by atoms with van der Waals surface area (Å²) >= 11 is 1.28. The molecule has 2 rings (SSSR count). The Morgan fingerprint density at radius 3 is 2.58 bits per heavy atom. The molecule has 0 aromatic carbocycles. The van der Waals surface area contributed by atoms with E-state index in [2.05, 4.69) is 10.9 Å². The van der Waals surface area contributed by atoms with Crippen molar-refractivity contribution in [2.75, 3.05) is 19.6 Å². The molecule has 0 spiro atoms. The van der Waals surface area contributed by atoms with Crippen LogP contribution >= 0.6 is 11.3 Å². The number of carbonyl (C=O) groups is 2. The fraction of sp³-hybridized carbons (Fsp3) is 0.455. The Bertz CT molecular complexity index is 441. The monoisotopic (exact) mass is 285 g/mol. The van der Waals surface area contributed by atoms with Gasteiger partial charge in [0.15, 0.2) is 0 Å². The summed E-state index contributed by atoms with van der Waals surface area (Å²) in [6.45, 7) is 0.500. The van der Waals surface area contributed by atoms with Crippen molar-refractivity contribution in [1.82, 2.24) is 15.8 Å². The second-order valence-electron chi connectivity index (χ2n) is 4.31. The number of nitrogens with zero attached hydrogens (tertiary/aromatic N) is 1. The van der Waals surface area contributed by atoms with Gasteiger partial charge in [0.05, 0.1) is 23.6 Å². The SMILES string of the molecule is O=C(CN1C[C@@H](O)[C@@H](O)C1)NNC(=O)c1cccs1. The lowest BCUT2D eigenvalue weighted by Crippen LogP contribution is -2.46. The lowest BCUT2D eigenvalue weighted by molar-refractivity contribution is -0.122. The van der Waals surface area contributed by atoms with Gasteiger partial charge in [-0.15, -0.1) is 11.3 Å². The number of hydrogen-bond acceptors (Lipinski definition) is 6. The number of thiophene rings is 1. The molecule has 4 N–H and O–H groups in total. The predicted octanol–water partition coefficient (Wildman–Crippen LogP) is -1.45. The van der Waals surface area contributed by atoms with Crippen LogP contribution in [0.5, 0.6) is 0 Å². The van der Waals surface area contributed by atoms with Gasteiger partial charge in [-0.1, -0.05) is 6.07 Å². The molecule has 2 atom stereocenters. The van der Waals surface area contributed by atoms with E-state index in [9.17, 15) is 19.8 Å². The topological polar surface area (TPSA) is 102 Å². The molecule has 2 amide bonds. The maximum atomic E-state index is 11.6. The van der Waals surface area contributed by atoms with Gasteiger partial charge in [0.1, 0.15) is 0 Å². The third-order valence-corrected chi connectivity index (χ3v) is 3.63. The molecule has 0 radical (unpaired) electrons. The second-order valence-corrected chi connectivity index (χ2v) is 5.26. The summed E-state index contributed by atoms with van der Waals surface area (Å²) in [5.74, 6) is -0.768. The van der Waals surface area contributed by atoms with Crippen LogP contribution in [0.2, 0.25) is 0 Å². The van der Waals surface area contributed by atoms with Gasteiger partial charge in [0, 0.05) is 13.1 Å². The predicted molar refractivity (Wildman–Crippen MR) is 68.4 cm³/mol. The van der Waals surface area contributed by atoms with Crippen molar-refractivity contribution in [3.8, 4) is 0 Å². The highest BCUT2D eigenvalue weighted by molar-refractivity contribution is 7.12. The number of likely N-dealkylation sites (tertiary alicyclic amines) is 1. The van der Waals surface area contributed by atoms with E-state index in [0.717, 1.165) is 0 Å². The molecule has 104 valence electrons. The van der Waals surface area contributed by atoms with E-state index in [1.165, 1.54) is 11.3 Å². The van der Waals surface area contributed by atoms with Gasteiger partial charge in [0.2, 0.25) is 0 Å². The van der Waals surface area contributed by atoms with E-state index in [0.29, 0.717) is 4.88 Å². The van der Waals surface area contributed by atoms with Crippen LogP contribution in [-0.2, 0) is 4.79 Å². The van der Waals surface area contributed by atoms with E-state index in [-0.39, 0.29) is 25.5 Å². The van der Waals surface area contributed by atoms with Gasteiger partial charge in [0.25, 0.3) is 11.8 Å². The Morgan fingerprint density at radius 2 is 2.00 bits per heavy atom. The van der Waals surface area contributed by atoms with Crippen molar-refractivity contribution >= 4 is 23.2 Å². The molecular formula is C11H15N3O4S. The van der Waals surface area contributed by atoms with E-state index >= 15 is 0 Å². The Kier molecular flexibility index (Phi) is 4.48. The maximum Gasteiger partial charge on any atom is 0.279 e. The lowest BCUT2D eigenvalue weighted by Gasteiger charge is -2.14.